The van der Waals surface area contributed by atoms with Gasteiger partial charge in [0.2, 0.25) is 11.5 Å². The molecule has 0 spiro atoms. The molecule has 0 N–H and O–H groups in total. The Balaban J connectivity index is 0.00000405. The average Bonchev–Trinajstić information content (AvgIpc) is 3.39. The van der Waals surface area contributed by atoms with Gasteiger partial charge < -0.3 is 18.4 Å². The van der Waals surface area contributed by atoms with Gasteiger partial charge in [0.05, 0.1) is 32.3 Å². The summed E-state index contributed by atoms with van der Waals surface area (Å²) in [6, 6.07) is 15.2. The summed E-state index contributed by atoms with van der Waals surface area (Å²) in [7, 11) is -9.00. The van der Waals surface area contributed by atoms with Crippen LogP contribution in [0.2, 0.25) is 0 Å². The van der Waals surface area contributed by atoms with Crippen molar-refractivity contribution in [3.05, 3.63) is 82.2 Å². The van der Waals surface area contributed by atoms with Crippen LogP contribution in [0.3, 0.4) is 0 Å². The Morgan fingerprint density at radius 1 is 1.02 bits per heavy atom. The molecule has 13 heteroatoms. The Morgan fingerprint density at radius 2 is 1.74 bits per heavy atom. The van der Waals surface area contributed by atoms with E-state index in [1.807, 2.05) is 62.1 Å². The molecule has 0 radical (unpaired) electrons. The van der Waals surface area contributed by atoms with Crippen LogP contribution in [0.4, 0.5) is 5.69 Å². The summed E-state index contributed by atoms with van der Waals surface area (Å²) >= 11 is 1.54. The van der Waals surface area contributed by atoms with Crippen LogP contribution in [0.25, 0.3) is 27.9 Å². The maximum absolute atomic E-state index is 11.9. The third kappa shape index (κ3) is 7.57. The smallest absolute Gasteiger partial charge is 0.748 e. The maximum atomic E-state index is 11.9. The van der Waals surface area contributed by atoms with Gasteiger partial charge in [0.25, 0.3) is 5.52 Å². The van der Waals surface area contributed by atoms with Gasteiger partial charge in [0.1, 0.15) is 0 Å². The number of anilines is 1. The predicted octanol–water partition coefficient (Wildman–Crippen LogP) is 2.18. The summed E-state index contributed by atoms with van der Waals surface area (Å²) in [6.45, 7) is 6.31. The number of hydrogen-bond donors (Lipinski definition) is 0. The van der Waals surface area contributed by atoms with Crippen LogP contribution in [0.1, 0.15) is 36.8 Å². The number of hydrogen-bond acceptors (Lipinski definition) is 9. The summed E-state index contributed by atoms with van der Waals surface area (Å²) < 4.78 is 77.1. The standard InChI is InChI=1S/C29H30N2O7S3.K/c1-4-21(17-28-30(12-7-13-40(32,33)34)24-14-19(2)20(3)15-26(24)39-28)16-27-31(18-41(35,36)37)29-23-9-6-5-8-22(23)10-11-25(29)38-27;/h5-6,8-11,14-17H,4,7,12-13,18H2,1-3H3,(H-,32,33,34,35,36,37);/q;+1/p-1. The van der Waals surface area contributed by atoms with Crippen LogP contribution in [0.15, 0.2) is 74.5 Å². The molecule has 0 atom stereocenters. The number of thioether (sulfide) groups is 1. The van der Waals surface area contributed by atoms with E-state index >= 15 is 0 Å². The Labute approximate surface area is 292 Å². The van der Waals surface area contributed by atoms with Crippen molar-refractivity contribution in [1.29, 1.82) is 0 Å². The molecule has 1 aromatic heterocycles. The van der Waals surface area contributed by atoms with E-state index in [0.717, 1.165) is 43.1 Å². The van der Waals surface area contributed by atoms with Crippen LogP contribution in [-0.4, -0.2) is 38.2 Å². The molecule has 42 heavy (non-hydrogen) atoms. The minimum atomic E-state index is -4.65. The second-order valence-electron chi connectivity index (χ2n) is 10.0. The quantitative estimate of drug-likeness (QED) is 0.152. The molecule has 3 aromatic carbocycles. The molecule has 1 aliphatic heterocycles. The summed E-state index contributed by atoms with van der Waals surface area (Å²) in [5, 5.41) is 2.49. The van der Waals surface area contributed by atoms with Gasteiger partial charge in [-0.2, -0.15) is 0 Å². The topological polar surface area (TPSA) is 135 Å². The normalized spacial score (nSPS) is 15.0. The number of nitrogens with zero attached hydrogens (tertiary/aromatic N) is 2. The fourth-order valence-corrected chi connectivity index (χ4v) is 7.22. The molecule has 9 nitrogen and oxygen atoms in total. The first kappa shape index (κ1) is 33.4. The first-order valence-corrected chi connectivity index (χ1v) is 17.0. The number of fused-ring (bicyclic) bond motifs is 4. The molecule has 0 saturated carbocycles. The molecule has 0 aliphatic carbocycles. The third-order valence-corrected chi connectivity index (χ3v) is 9.51. The van der Waals surface area contributed by atoms with E-state index in [0.29, 0.717) is 24.1 Å². The summed E-state index contributed by atoms with van der Waals surface area (Å²) in [5.74, 6) is -1.03. The van der Waals surface area contributed by atoms with Gasteiger partial charge in [0, 0.05) is 17.2 Å². The third-order valence-electron chi connectivity index (χ3n) is 7.05. The van der Waals surface area contributed by atoms with E-state index < -0.39 is 31.9 Å². The SMILES string of the molecule is CCC(=C/c1oc2ccc3ccccc3c2[n+]1CS(=O)(=O)[O-])/C=C1/Sc2cc(C)c(C)cc2N1CCCS(=O)(=O)[O-].[K+]. The Bertz CT molecular complexity index is 1950. The number of oxazole rings is 1. The van der Waals surface area contributed by atoms with Gasteiger partial charge in [-0.3, -0.25) is 0 Å². The van der Waals surface area contributed by atoms with Gasteiger partial charge in [0.15, 0.2) is 10.1 Å². The second kappa shape index (κ2) is 13.2. The molecular weight excluding hydrogens is 624 g/mol. The van der Waals surface area contributed by atoms with Crippen molar-refractivity contribution in [2.24, 2.45) is 0 Å². The minimum Gasteiger partial charge on any atom is -0.748 e. The molecule has 0 amide bonds. The summed E-state index contributed by atoms with van der Waals surface area (Å²) in [4.78, 5) is 3.02. The Hall–Kier alpha value is -1.52. The van der Waals surface area contributed by atoms with Crippen molar-refractivity contribution < 1.29 is 86.3 Å². The van der Waals surface area contributed by atoms with Crippen molar-refractivity contribution in [1.82, 2.24) is 0 Å². The van der Waals surface area contributed by atoms with Gasteiger partial charge in [-0.15, -0.1) is 4.57 Å². The van der Waals surface area contributed by atoms with Crippen molar-refractivity contribution in [3.63, 3.8) is 0 Å². The van der Waals surface area contributed by atoms with Crippen molar-refractivity contribution in [3.8, 4) is 0 Å². The Morgan fingerprint density at radius 3 is 2.43 bits per heavy atom. The van der Waals surface area contributed by atoms with Crippen LogP contribution in [0.5, 0.6) is 0 Å². The molecular formula is C29H29KN2O7S3. The van der Waals surface area contributed by atoms with Crippen molar-refractivity contribution >= 4 is 65.6 Å². The van der Waals surface area contributed by atoms with E-state index in [2.05, 4.69) is 12.1 Å². The zero-order valence-corrected chi connectivity index (χ0v) is 29.4. The van der Waals surface area contributed by atoms with E-state index in [1.165, 1.54) is 16.3 Å². The fraction of sp³-hybridized carbons (Fsp3) is 0.276. The zero-order chi connectivity index (χ0) is 29.5. The summed E-state index contributed by atoms with van der Waals surface area (Å²) in [5.41, 5.74) is 4.93. The van der Waals surface area contributed by atoms with Crippen LogP contribution in [0, 0.1) is 13.8 Å². The van der Waals surface area contributed by atoms with Gasteiger partial charge >= 0.3 is 57.3 Å². The molecule has 2 heterocycles. The molecule has 0 fully saturated rings. The predicted molar refractivity (Wildman–Crippen MR) is 158 cm³/mol. The monoisotopic (exact) mass is 652 g/mol. The van der Waals surface area contributed by atoms with Crippen molar-refractivity contribution in [2.75, 3.05) is 17.2 Å². The van der Waals surface area contributed by atoms with Crippen LogP contribution < -0.4 is 60.9 Å². The number of aromatic nitrogens is 1. The van der Waals surface area contributed by atoms with E-state index in [4.69, 9.17) is 4.42 Å². The van der Waals surface area contributed by atoms with Crippen molar-refractivity contribution in [2.45, 2.75) is 44.4 Å². The van der Waals surface area contributed by atoms with E-state index in [1.54, 1.807) is 12.1 Å². The number of benzene rings is 3. The zero-order valence-electron chi connectivity index (χ0n) is 23.8. The van der Waals surface area contributed by atoms with E-state index in [9.17, 15) is 25.9 Å². The summed E-state index contributed by atoms with van der Waals surface area (Å²) in [6.07, 6.45) is 4.40. The maximum Gasteiger partial charge on any atom is 1.00 e. The molecule has 0 unspecified atom stereocenters. The number of rotatable bonds is 9. The largest absolute Gasteiger partial charge is 1.00 e. The van der Waals surface area contributed by atoms with Gasteiger partial charge in [-0.25, -0.2) is 16.8 Å². The molecule has 1 aliphatic rings. The second-order valence-corrected chi connectivity index (χ2v) is 14.0. The Kier molecular flexibility index (Phi) is 10.5. The number of aryl methyl sites for hydroxylation is 2. The van der Waals surface area contributed by atoms with Gasteiger partial charge in [-0.05, 0) is 79.1 Å². The van der Waals surface area contributed by atoms with E-state index in [-0.39, 0.29) is 63.7 Å². The fourth-order valence-electron chi connectivity index (χ4n) is 4.92. The first-order valence-electron chi connectivity index (χ1n) is 13.0. The van der Waals surface area contributed by atoms with Gasteiger partial charge in [-0.1, -0.05) is 43.0 Å². The minimum absolute atomic E-state index is 0. The molecule has 0 bridgehead atoms. The van der Waals surface area contributed by atoms with Crippen LogP contribution in [-0.2, 0) is 26.1 Å². The first-order chi connectivity index (χ1) is 19.3. The van der Waals surface area contributed by atoms with Crippen LogP contribution >= 0.6 is 11.8 Å². The number of allylic oxidation sites excluding steroid dienone is 2. The molecule has 4 aromatic rings. The average molecular weight is 653 g/mol. The molecule has 216 valence electrons. The molecule has 0 saturated heterocycles. The molecule has 5 rings (SSSR count).